The predicted octanol–water partition coefficient (Wildman–Crippen LogP) is 4.12. The maximum Gasteiger partial charge on any atom is 0.252 e. The number of carbonyl (C=O) groups is 1. The van der Waals surface area contributed by atoms with Crippen LogP contribution in [-0.4, -0.2) is 22.0 Å². The molecule has 0 aliphatic heterocycles. The zero-order valence-corrected chi connectivity index (χ0v) is 18.7. The van der Waals surface area contributed by atoms with Gasteiger partial charge in [0.05, 0.1) is 11.2 Å². The van der Waals surface area contributed by atoms with Crippen LogP contribution < -0.4 is 16.2 Å². The molecule has 2 N–H and O–H groups in total. The third-order valence-electron chi connectivity index (χ3n) is 6.27. The van der Waals surface area contributed by atoms with Gasteiger partial charge in [0, 0.05) is 36.5 Å². The second-order valence-corrected chi connectivity index (χ2v) is 8.62. The lowest BCUT2D eigenvalue weighted by molar-refractivity contribution is 0.100. The first-order valence-electron chi connectivity index (χ1n) is 11.1. The molecule has 1 fully saturated rings. The normalized spacial score (nSPS) is 12.9. The van der Waals surface area contributed by atoms with Crippen molar-refractivity contribution in [2.24, 2.45) is 18.7 Å². The second-order valence-electron chi connectivity index (χ2n) is 8.62. The number of aryl methyl sites for hydroxylation is 1. The molecule has 0 spiro atoms. The Bertz CT molecular complexity index is 1510. The van der Waals surface area contributed by atoms with Crippen molar-refractivity contribution < 1.29 is 4.79 Å². The van der Waals surface area contributed by atoms with Gasteiger partial charge in [0.15, 0.2) is 0 Å². The van der Waals surface area contributed by atoms with Gasteiger partial charge in [0.1, 0.15) is 17.3 Å². The number of anilines is 2. The smallest absolute Gasteiger partial charge is 0.252 e. The van der Waals surface area contributed by atoms with Crippen molar-refractivity contribution in [1.29, 1.82) is 5.26 Å². The van der Waals surface area contributed by atoms with E-state index >= 15 is 0 Å². The number of nitriles is 1. The Labute approximate surface area is 196 Å². The molecular formula is C27H23N5O2. The molecule has 5 rings (SSSR count). The second kappa shape index (κ2) is 8.49. The van der Waals surface area contributed by atoms with Gasteiger partial charge < -0.3 is 15.2 Å². The first-order chi connectivity index (χ1) is 16.5. The van der Waals surface area contributed by atoms with E-state index in [0.717, 1.165) is 29.7 Å². The monoisotopic (exact) mass is 449 g/mol. The van der Waals surface area contributed by atoms with Crippen molar-refractivity contribution in [3.8, 4) is 17.2 Å². The van der Waals surface area contributed by atoms with Crippen molar-refractivity contribution in [1.82, 2.24) is 9.55 Å². The van der Waals surface area contributed by atoms with Crippen molar-refractivity contribution in [2.45, 2.75) is 12.8 Å². The molecule has 7 heteroatoms. The van der Waals surface area contributed by atoms with Gasteiger partial charge >= 0.3 is 0 Å². The number of pyridine rings is 2. The fraction of sp³-hybridized carbons (Fsp3) is 0.185. The number of nitrogens with zero attached hydrogens (tertiary/aromatic N) is 4. The maximum atomic E-state index is 12.9. The Balaban J connectivity index is 1.82. The van der Waals surface area contributed by atoms with Gasteiger partial charge in [-0.25, -0.2) is 4.98 Å². The summed E-state index contributed by atoms with van der Waals surface area (Å²) in [6.45, 7) is 0.656. The molecule has 7 nitrogen and oxygen atoms in total. The van der Waals surface area contributed by atoms with E-state index in [0.29, 0.717) is 34.7 Å². The fourth-order valence-electron chi connectivity index (χ4n) is 4.23. The maximum absolute atomic E-state index is 12.9. The standard InChI is InChI=1S/C27H23N5O2/c1-31-22-12-10-20(15-28)30-26(22)24(14-25(31)33)32(16-17-7-8-17)23-13-19(27(29)34)9-11-21(23)18-5-3-2-4-6-18/h2-6,9-14,17H,7-8,16H2,1H3,(H2,29,34). The third kappa shape index (κ3) is 3.90. The highest BCUT2D eigenvalue weighted by Crippen LogP contribution is 2.41. The summed E-state index contributed by atoms with van der Waals surface area (Å²) in [5.74, 6) is -0.0647. The van der Waals surface area contributed by atoms with Crippen LogP contribution in [0.15, 0.2) is 71.5 Å². The molecule has 0 atom stereocenters. The van der Waals surface area contributed by atoms with Crippen LogP contribution in [0.3, 0.4) is 0 Å². The van der Waals surface area contributed by atoms with E-state index in [2.05, 4.69) is 16.0 Å². The topological polar surface area (TPSA) is 105 Å². The van der Waals surface area contributed by atoms with Crippen molar-refractivity contribution in [3.05, 3.63) is 88.3 Å². The Morgan fingerprint density at radius 1 is 1.12 bits per heavy atom. The van der Waals surface area contributed by atoms with Crippen LogP contribution in [0.4, 0.5) is 11.4 Å². The van der Waals surface area contributed by atoms with Gasteiger partial charge in [0.25, 0.3) is 5.56 Å². The zero-order chi connectivity index (χ0) is 23.8. The number of fused-ring (bicyclic) bond motifs is 1. The molecule has 4 aromatic rings. The van der Waals surface area contributed by atoms with E-state index in [1.807, 2.05) is 36.4 Å². The van der Waals surface area contributed by atoms with Crippen molar-refractivity contribution >= 4 is 28.3 Å². The van der Waals surface area contributed by atoms with Crippen LogP contribution in [0.25, 0.3) is 22.2 Å². The molecule has 0 radical (unpaired) electrons. The number of benzene rings is 2. The highest BCUT2D eigenvalue weighted by molar-refractivity contribution is 5.98. The van der Waals surface area contributed by atoms with Gasteiger partial charge in [-0.15, -0.1) is 0 Å². The Kier molecular flexibility index (Phi) is 5.34. The van der Waals surface area contributed by atoms with Crippen LogP contribution in [0.2, 0.25) is 0 Å². The van der Waals surface area contributed by atoms with E-state index in [9.17, 15) is 14.9 Å². The number of hydrogen-bond acceptors (Lipinski definition) is 5. The first kappa shape index (κ1) is 21.4. The third-order valence-corrected chi connectivity index (χ3v) is 6.27. The Morgan fingerprint density at radius 2 is 1.88 bits per heavy atom. The van der Waals surface area contributed by atoms with E-state index < -0.39 is 5.91 Å². The highest BCUT2D eigenvalue weighted by atomic mass is 16.1. The van der Waals surface area contributed by atoms with Crippen molar-refractivity contribution in [3.63, 3.8) is 0 Å². The Morgan fingerprint density at radius 3 is 2.56 bits per heavy atom. The lowest BCUT2D eigenvalue weighted by atomic mass is 9.99. The lowest BCUT2D eigenvalue weighted by Gasteiger charge is -2.29. The van der Waals surface area contributed by atoms with Crippen LogP contribution in [0.1, 0.15) is 28.9 Å². The van der Waals surface area contributed by atoms with Gasteiger partial charge in [-0.2, -0.15) is 5.26 Å². The summed E-state index contributed by atoms with van der Waals surface area (Å²) in [7, 11) is 1.69. The molecule has 0 saturated heterocycles. The highest BCUT2D eigenvalue weighted by Gasteiger charge is 2.29. The average molecular weight is 450 g/mol. The molecule has 2 heterocycles. The molecule has 168 valence electrons. The minimum Gasteiger partial charge on any atom is -0.366 e. The lowest BCUT2D eigenvalue weighted by Crippen LogP contribution is -2.26. The molecule has 0 unspecified atom stereocenters. The summed E-state index contributed by atoms with van der Waals surface area (Å²) in [4.78, 5) is 31.7. The number of rotatable bonds is 6. The van der Waals surface area contributed by atoms with E-state index in [-0.39, 0.29) is 11.3 Å². The number of amides is 1. The number of nitrogens with two attached hydrogens (primary N) is 1. The molecule has 34 heavy (non-hydrogen) atoms. The predicted molar refractivity (Wildman–Crippen MR) is 132 cm³/mol. The molecule has 1 amide bonds. The van der Waals surface area contributed by atoms with Crippen LogP contribution in [0, 0.1) is 17.2 Å². The summed E-state index contributed by atoms with van der Waals surface area (Å²) in [6, 6.07) is 22.3. The molecule has 1 saturated carbocycles. The molecule has 2 aromatic carbocycles. The minimum absolute atomic E-state index is 0.179. The summed E-state index contributed by atoms with van der Waals surface area (Å²) >= 11 is 0. The SMILES string of the molecule is Cn1c(=O)cc(N(CC2CC2)c2cc(C(N)=O)ccc2-c2ccccc2)c2nc(C#N)ccc21. The minimum atomic E-state index is -0.522. The fourth-order valence-corrected chi connectivity index (χ4v) is 4.23. The van der Waals surface area contributed by atoms with Gasteiger partial charge in [-0.3, -0.25) is 9.59 Å². The zero-order valence-electron chi connectivity index (χ0n) is 18.7. The summed E-state index contributed by atoms with van der Waals surface area (Å²) in [5.41, 5.74) is 10.6. The number of carbonyl (C=O) groups excluding carboxylic acids is 1. The van der Waals surface area contributed by atoms with Crippen LogP contribution >= 0.6 is 0 Å². The van der Waals surface area contributed by atoms with E-state index in [4.69, 9.17) is 5.73 Å². The van der Waals surface area contributed by atoms with E-state index in [1.54, 1.807) is 37.4 Å². The quantitative estimate of drug-likeness (QED) is 0.477. The molecule has 1 aliphatic rings. The molecular weight excluding hydrogens is 426 g/mol. The summed E-state index contributed by atoms with van der Waals surface area (Å²) in [5, 5.41) is 9.47. The van der Waals surface area contributed by atoms with Crippen LogP contribution in [0.5, 0.6) is 0 Å². The number of aromatic nitrogens is 2. The molecule has 0 bridgehead atoms. The van der Waals surface area contributed by atoms with Gasteiger partial charge in [-0.1, -0.05) is 36.4 Å². The molecule has 1 aliphatic carbocycles. The van der Waals surface area contributed by atoms with Gasteiger partial charge in [0.2, 0.25) is 5.91 Å². The van der Waals surface area contributed by atoms with Crippen LogP contribution in [-0.2, 0) is 7.05 Å². The van der Waals surface area contributed by atoms with Crippen molar-refractivity contribution in [2.75, 3.05) is 11.4 Å². The summed E-state index contributed by atoms with van der Waals surface area (Å²) < 4.78 is 1.53. The van der Waals surface area contributed by atoms with Gasteiger partial charge in [-0.05, 0) is 48.6 Å². The number of hydrogen-bond donors (Lipinski definition) is 1. The Hall–Kier alpha value is -4.44. The summed E-state index contributed by atoms with van der Waals surface area (Å²) in [6.07, 6.45) is 2.18. The number of primary amides is 1. The first-order valence-corrected chi connectivity index (χ1v) is 11.1. The average Bonchev–Trinajstić information content (AvgIpc) is 3.69. The largest absolute Gasteiger partial charge is 0.366 e. The molecule has 2 aromatic heterocycles. The van der Waals surface area contributed by atoms with E-state index in [1.165, 1.54) is 4.57 Å².